The van der Waals surface area contributed by atoms with E-state index < -0.39 is 0 Å². The van der Waals surface area contributed by atoms with Gasteiger partial charge in [-0.3, -0.25) is 0 Å². The van der Waals surface area contributed by atoms with Crippen LogP contribution in [0.3, 0.4) is 0 Å². The number of nitrogens with one attached hydrogen (secondary N) is 1. The van der Waals surface area contributed by atoms with Gasteiger partial charge in [-0.05, 0) is 17.0 Å². The SMILES string of the molecule is CC(C)(C)c1cccc(-c2n[c]c[nH]2)c1. The van der Waals surface area contributed by atoms with E-state index in [4.69, 9.17) is 0 Å². The highest BCUT2D eigenvalue weighted by atomic mass is 14.9. The van der Waals surface area contributed by atoms with Crippen molar-refractivity contribution in [3.8, 4) is 11.4 Å². The molecule has 1 heterocycles. The molecule has 0 spiro atoms. The van der Waals surface area contributed by atoms with Gasteiger partial charge in [0.15, 0.2) is 0 Å². The van der Waals surface area contributed by atoms with Crippen LogP contribution in [0.5, 0.6) is 0 Å². The average molecular weight is 199 g/mol. The summed E-state index contributed by atoms with van der Waals surface area (Å²) in [5.41, 5.74) is 2.60. The smallest absolute Gasteiger partial charge is 0.138 e. The van der Waals surface area contributed by atoms with Crippen LogP contribution in [-0.4, -0.2) is 9.97 Å². The van der Waals surface area contributed by atoms with Crippen LogP contribution in [0.1, 0.15) is 26.3 Å². The lowest BCUT2D eigenvalue weighted by atomic mass is 9.86. The van der Waals surface area contributed by atoms with Gasteiger partial charge in [0.05, 0.1) is 0 Å². The maximum atomic E-state index is 4.13. The highest BCUT2D eigenvalue weighted by Crippen LogP contribution is 2.25. The molecule has 0 fully saturated rings. The van der Waals surface area contributed by atoms with E-state index in [1.165, 1.54) is 5.56 Å². The Bertz CT molecular complexity index is 436. The third-order valence-electron chi connectivity index (χ3n) is 2.45. The molecule has 2 aromatic rings. The molecule has 0 unspecified atom stereocenters. The number of hydrogen-bond acceptors (Lipinski definition) is 1. The fourth-order valence-corrected chi connectivity index (χ4v) is 1.51. The van der Waals surface area contributed by atoms with Gasteiger partial charge in [0.25, 0.3) is 0 Å². The number of aromatic nitrogens is 2. The fourth-order valence-electron chi connectivity index (χ4n) is 1.51. The van der Waals surface area contributed by atoms with Gasteiger partial charge in [0.1, 0.15) is 12.0 Å². The number of aromatic amines is 1. The standard InChI is InChI=1S/C13H15N2/c1-13(2,3)11-6-4-5-10(9-11)12-14-7-8-15-12/h4-7,9H,1-3H3,(H,14,15). The number of benzene rings is 1. The van der Waals surface area contributed by atoms with Crippen molar-refractivity contribution in [2.45, 2.75) is 26.2 Å². The molecule has 0 saturated carbocycles. The quantitative estimate of drug-likeness (QED) is 0.750. The maximum Gasteiger partial charge on any atom is 0.138 e. The molecular weight excluding hydrogens is 184 g/mol. The van der Waals surface area contributed by atoms with Crippen molar-refractivity contribution >= 4 is 0 Å². The van der Waals surface area contributed by atoms with Gasteiger partial charge in [0.2, 0.25) is 0 Å². The van der Waals surface area contributed by atoms with E-state index in [2.05, 4.69) is 61.2 Å². The first kappa shape index (κ1) is 9.97. The Morgan fingerprint density at radius 3 is 2.67 bits per heavy atom. The highest BCUT2D eigenvalue weighted by Gasteiger charge is 2.14. The Balaban J connectivity index is 2.44. The summed E-state index contributed by atoms with van der Waals surface area (Å²) < 4.78 is 0. The van der Waals surface area contributed by atoms with Crippen molar-refractivity contribution in [3.05, 3.63) is 42.2 Å². The minimum absolute atomic E-state index is 0.173. The molecule has 1 aromatic carbocycles. The Morgan fingerprint density at radius 1 is 1.27 bits per heavy atom. The molecule has 1 aromatic heterocycles. The van der Waals surface area contributed by atoms with E-state index in [0.717, 1.165) is 11.4 Å². The molecule has 0 bridgehead atoms. The van der Waals surface area contributed by atoms with Gasteiger partial charge in [0, 0.05) is 11.8 Å². The van der Waals surface area contributed by atoms with E-state index >= 15 is 0 Å². The first-order valence-electron chi connectivity index (χ1n) is 5.10. The molecular formula is C13H15N2. The fraction of sp³-hybridized carbons (Fsp3) is 0.308. The first-order valence-corrected chi connectivity index (χ1v) is 5.10. The number of hydrogen-bond donors (Lipinski definition) is 1. The summed E-state index contributed by atoms with van der Waals surface area (Å²) in [5, 5.41) is 0. The zero-order valence-corrected chi connectivity index (χ0v) is 9.33. The molecule has 0 atom stereocenters. The van der Waals surface area contributed by atoms with Crippen molar-refractivity contribution < 1.29 is 0 Å². The molecule has 77 valence electrons. The number of H-pyrrole nitrogens is 1. The summed E-state index contributed by atoms with van der Waals surface area (Å²) in [4.78, 5) is 7.19. The van der Waals surface area contributed by atoms with Crippen LogP contribution >= 0.6 is 0 Å². The molecule has 0 aliphatic carbocycles. The van der Waals surface area contributed by atoms with Crippen molar-refractivity contribution in [1.82, 2.24) is 9.97 Å². The second-order valence-corrected chi connectivity index (χ2v) is 4.71. The Morgan fingerprint density at radius 2 is 2.07 bits per heavy atom. The molecule has 2 nitrogen and oxygen atoms in total. The van der Waals surface area contributed by atoms with E-state index in [-0.39, 0.29) is 5.41 Å². The highest BCUT2D eigenvalue weighted by molar-refractivity contribution is 5.56. The molecule has 2 rings (SSSR count). The van der Waals surface area contributed by atoms with Crippen LogP contribution in [0.15, 0.2) is 30.5 Å². The van der Waals surface area contributed by atoms with Crippen LogP contribution < -0.4 is 0 Å². The van der Waals surface area contributed by atoms with E-state index in [1.54, 1.807) is 6.20 Å². The molecule has 0 aliphatic rings. The summed E-state index contributed by atoms with van der Waals surface area (Å²) >= 11 is 0. The minimum atomic E-state index is 0.173. The average Bonchev–Trinajstić information content (AvgIpc) is 2.69. The van der Waals surface area contributed by atoms with Crippen molar-refractivity contribution in [3.63, 3.8) is 0 Å². The van der Waals surface area contributed by atoms with Crippen molar-refractivity contribution in [2.75, 3.05) is 0 Å². The number of nitrogens with zero attached hydrogens (tertiary/aromatic N) is 1. The third-order valence-corrected chi connectivity index (χ3v) is 2.45. The van der Waals surface area contributed by atoms with Gasteiger partial charge in [-0.15, -0.1) is 0 Å². The van der Waals surface area contributed by atoms with Gasteiger partial charge in [-0.25, -0.2) is 4.98 Å². The molecule has 1 N–H and O–H groups in total. The summed E-state index contributed by atoms with van der Waals surface area (Å²) in [5.74, 6) is 0.876. The molecule has 1 radical (unpaired) electrons. The zero-order valence-electron chi connectivity index (χ0n) is 9.33. The van der Waals surface area contributed by atoms with E-state index in [1.807, 2.05) is 0 Å². The summed E-state index contributed by atoms with van der Waals surface area (Å²) in [7, 11) is 0. The maximum absolute atomic E-state index is 4.13. The van der Waals surface area contributed by atoms with E-state index in [9.17, 15) is 0 Å². The van der Waals surface area contributed by atoms with Crippen molar-refractivity contribution in [1.29, 1.82) is 0 Å². The van der Waals surface area contributed by atoms with Crippen LogP contribution in [0, 0.1) is 6.20 Å². The molecule has 2 heteroatoms. The van der Waals surface area contributed by atoms with Crippen molar-refractivity contribution in [2.24, 2.45) is 0 Å². The summed E-state index contributed by atoms with van der Waals surface area (Å²) in [6, 6.07) is 8.45. The summed E-state index contributed by atoms with van der Waals surface area (Å²) in [6.07, 6.45) is 4.50. The number of imidazole rings is 1. The monoisotopic (exact) mass is 199 g/mol. The third kappa shape index (κ3) is 2.09. The lowest BCUT2D eigenvalue weighted by Crippen LogP contribution is -2.10. The first-order chi connectivity index (χ1) is 7.07. The Kier molecular flexibility index (Phi) is 2.35. The van der Waals surface area contributed by atoms with Gasteiger partial charge >= 0.3 is 0 Å². The van der Waals surface area contributed by atoms with Crippen LogP contribution in [0.2, 0.25) is 0 Å². The predicted octanol–water partition coefficient (Wildman–Crippen LogP) is 3.17. The Labute approximate surface area is 90.4 Å². The van der Waals surface area contributed by atoms with Crippen LogP contribution in [-0.2, 0) is 5.41 Å². The minimum Gasteiger partial charge on any atom is -0.344 e. The normalized spacial score (nSPS) is 11.7. The Hall–Kier alpha value is -1.57. The lowest BCUT2D eigenvalue weighted by molar-refractivity contribution is 0.590. The van der Waals surface area contributed by atoms with Crippen LogP contribution in [0.25, 0.3) is 11.4 Å². The van der Waals surface area contributed by atoms with E-state index in [0.29, 0.717) is 0 Å². The molecule has 0 amide bonds. The van der Waals surface area contributed by atoms with Gasteiger partial charge < -0.3 is 4.98 Å². The second-order valence-electron chi connectivity index (χ2n) is 4.71. The van der Waals surface area contributed by atoms with Gasteiger partial charge in [-0.1, -0.05) is 39.0 Å². The molecule has 15 heavy (non-hydrogen) atoms. The summed E-state index contributed by atoms with van der Waals surface area (Å²) in [6.45, 7) is 6.63. The van der Waals surface area contributed by atoms with Gasteiger partial charge in [-0.2, -0.15) is 0 Å². The lowest BCUT2D eigenvalue weighted by Gasteiger charge is -2.19. The molecule has 0 saturated heterocycles. The zero-order chi connectivity index (χ0) is 10.9. The molecule has 0 aliphatic heterocycles. The largest absolute Gasteiger partial charge is 0.344 e. The predicted molar refractivity (Wildman–Crippen MR) is 61.6 cm³/mol. The van der Waals surface area contributed by atoms with Crippen LogP contribution in [0.4, 0.5) is 0 Å². The topological polar surface area (TPSA) is 28.7 Å². The second kappa shape index (κ2) is 3.54. The number of rotatable bonds is 1.